The van der Waals surface area contributed by atoms with Gasteiger partial charge in [-0.25, -0.2) is 0 Å². The first kappa shape index (κ1) is 14.6. The molecular weight excluding hydrogens is 278 g/mol. The molecule has 1 aliphatic rings. The van der Waals surface area contributed by atoms with Gasteiger partial charge in [0, 0.05) is 40.3 Å². The maximum atomic E-state index is 12.1. The summed E-state index contributed by atoms with van der Waals surface area (Å²) in [4.78, 5) is 12.1. The van der Waals surface area contributed by atoms with Gasteiger partial charge in [-0.05, 0) is 30.7 Å². The highest BCUT2D eigenvalue weighted by Crippen LogP contribution is 2.23. The van der Waals surface area contributed by atoms with Crippen LogP contribution in [0.25, 0.3) is 0 Å². The van der Waals surface area contributed by atoms with E-state index in [0.717, 1.165) is 23.5 Å². The van der Waals surface area contributed by atoms with Crippen LogP contribution in [0.15, 0.2) is 18.2 Å². The molecule has 1 atom stereocenters. The lowest BCUT2D eigenvalue weighted by Gasteiger charge is -2.21. The van der Waals surface area contributed by atoms with Crippen molar-refractivity contribution in [3.8, 4) is 0 Å². The number of benzene rings is 1. The highest BCUT2D eigenvalue weighted by atomic mass is 32.2. The van der Waals surface area contributed by atoms with Crippen LogP contribution in [-0.4, -0.2) is 35.0 Å². The molecule has 1 aromatic rings. The lowest BCUT2D eigenvalue weighted by molar-refractivity contribution is 0.0953. The van der Waals surface area contributed by atoms with E-state index in [2.05, 4.69) is 10.7 Å². The lowest BCUT2D eigenvalue weighted by Crippen LogP contribution is -2.33. The van der Waals surface area contributed by atoms with Crippen LogP contribution in [0, 0.1) is 6.92 Å². The number of hydrogen-bond donors (Lipinski definition) is 3. The van der Waals surface area contributed by atoms with Gasteiger partial charge in [0.2, 0.25) is 0 Å². The minimum atomic E-state index is -0.00255. The van der Waals surface area contributed by atoms with E-state index in [1.807, 2.05) is 48.6 Å². The van der Waals surface area contributed by atoms with Crippen molar-refractivity contribution < 1.29 is 4.79 Å². The first-order valence-corrected chi connectivity index (χ1v) is 8.46. The van der Waals surface area contributed by atoms with Crippen molar-refractivity contribution in [1.29, 1.82) is 0 Å². The summed E-state index contributed by atoms with van der Waals surface area (Å²) in [7, 11) is 0. The third kappa shape index (κ3) is 4.06. The molecule has 1 amide bonds. The average Bonchev–Trinajstić information content (AvgIpc) is 2.45. The monoisotopic (exact) mass is 297 g/mol. The smallest absolute Gasteiger partial charge is 0.251 e. The van der Waals surface area contributed by atoms with E-state index in [4.69, 9.17) is 5.84 Å². The number of nitrogens with one attached hydrogen (secondary N) is 2. The fraction of sp³-hybridized carbons (Fsp3) is 0.462. The SMILES string of the molecule is Cc1cc(NN)ccc1C(=O)NCC1CSCCS1. The molecule has 1 saturated heterocycles. The number of carbonyl (C=O) groups excluding carboxylic acids is 1. The van der Waals surface area contributed by atoms with E-state index in [9.17, 15) is 4.79 Å². The summed E-state index contributed by atoms with van der Waals surface area (Å²) in [6, 6.07) is 5.50. The standard InChI is InChI=1S/C13H19N3OS2/c1-9-6-10(16-14)2-3-12(9)13(17)15-7-11-8-18-4-5-19-11/h2-3,6,11,16H,4-5,7-8,14H2,1H3,(H,15,17). The van der Waals surface area contributed by atoms with Crippen molar-refractivity contribution in [1.82, 2.24) is 5.32 Å². The van der Waals surface area contributed by atoms with Crippen LogP contribution in [0.2, 0.25) is 0 Å². The summed E-state index contributed by atoms with van der Waals surface area (Å²) in [6.07, 6.45) is 0. The minimum Gasteiger partial charge on any atom is -0.351 e. The molecule has 2 rings (SSSR count). The zero-order valence-corrected chi connectivity index (χ0v) is 12.6. The zero-order valence-electron chi connectivity index (χ0n) is 10.9. The number of carbonyl (C=O) groups is 1. The molecule has 104 valence electrons. The van der Waals surface area contributed by atoms with Gasteiger partial charge in [0.1, 0.15) is 0 Å². The van der Waals surface area contributed by atoms with Gasteiger partial charge < -0.3 is 10.7 Å². The van der Waals surface area contributed by atoms with Crippen LogP contribution in [-0.2, 0) is 0 Å². The molecule has 4 N–H and O–H groups in total. The summed E-state index contributed by atoms with van der Waals surface area (Å²) < 4.78 is 0. The Morgan fingerprint density at radius 3 is 2.95 bits per heavy atom. The van der Waals surface area contributed by atoms with Gasteiger partial charge in [0.05, 0.1) is 0 Å². The topological polar surface area (TPSA) is 67.1 Å². The molecular formula is C13H19N3OS2. The number of rotatable bonds is 4. The number of thioether (sulfide) groups is 2. The second-order valence-corrected chi connectivity index (χ2v) is 7.01. The molecule has 0 bridgehead atoms. The van der Waals surface area contributed by atoms with Gasteiger partial charge in [-0.3, -0.25) is 10.6 Å². The van der Waals surface area contributed by atoms with E-state index in [1.165, 1.54) is 11.5 Å². The molecule has 1 aromatic carbocycles. The van der Waals surface area contributed by atoms with Gasteiger partial charge in [-0.1, -0.05) is 0 Å². The third-order valence-electron chi connectivity index (χ3n) is 3.01. The predicted molar refractivity (Wildman–Crippen MR) is 84.9 cm³/mol. The summed E-state index contributed by atoms with van der Waals surface area (Å²) in [6.45, 7) is 2.66. The fourth-order valence-electron chi connectivity index (χ4n) is 1.96. The van der Waals surface area contributed by atoms with E-state index >= 15 is 0 Å². The Morgan fingerprint density at radius 1 is 1.47 bits per heavy atom. The number of hydrogen-bond acceptors (Lipinski definition) is 5. The maximum Gasteiger partial charge on any atom is 0.251 e. The van der Waals surface area contributed by atoms with Crippen molar-refractivity contribution in [2.75, 3.05) is 29.2 Å². The molecule has 4 nitrogen and oxygen atoms in total. The highest BCUT2D eigenvalue weighted by molar-refractivity contribution is 8.06. The van der Waals surface area contributed by atoms with Crippen LogP contribution in [0.3, 0.4) is 0 Å². The quantitative estimate of drug-likeness (QED) is 0.585. The average molecular weight is 297 g/mol. The molecule has 0 aliphatic carbocycles. The minimum absolute atomic E-state index is 0.00255. The molecule has 0 radical (unpaired) electrons. The van der Waals surface area contributed by atoms with E-state index < -0.39 is 0 Å². The number of nitrogens with two attached hydrogens (primary N) is 1. The van der Waals surface area contributed by atoms with E-state index in [-0.39, 0.29) is 5.91 Å². The van der Waals surface area contributed by atoms with E-state index in [1.54, 1.807) is 0 Å². The molecule has 6 heteroatoms. The lowest BCUT2D eigenvalue weighted by atomic mass is 10.1. The maximum absolute atomic E-state index is 12.1. The van der Waals surface area contributed by atoms with Crippen LogP contribution >= 0.6 is 23.5 Å². The van der Waals surface area contributed by atoms with Crippen LogP contribution in [0.4, 0.5) is 5.69 Å². The van der Waals surface area contributed by atoms with Gasteiger partial charge in [-0.2, -0.15) is 23.5 Å². The number of anilines is 1. The summed E-state index contributed by atoms with van der Waals surface area (Å²) in [5.74, 6) is 8.87. The molecule has 1 fully saturated rings. The Balaban J connectivity index is 1.92. The Labute approximate surface area is 122 Å². The predicted octanol–water partition coefficient (Wildman–Crippen LogP) is 1.86. The first-order chi connectivity index (χ1) is 9.20. The second kappa shape index (κ2) is 7.07. The van der Waals surface area contributed by atoms with Crippen molar-refractivity contribution in [3.63, 3.8) is 0 Å². The highest BCUT2D eigenvalue weighted by Gasteiger charge is 2.16. The second-order valence-electron chi connectivity index (χ2n) is 4.45. The summed E-state index contributed by atoms with van der Waals surface area (Å²) >= 11 is 3.91. The summed E-state index contributed by atoms with van der Waals surface area (Å²) in [5, 5.41) is 3.56. The van der Waals surface area contributed by atoms with Crippen LogP contribution < -0.4 is 16.6 Å². The summed E-state index contributed by atoms with van der Waals surface area (Å²) in [5.41, 5.74) is 5.04. The largest absolute Gasteiger partial charge is 0.351 e. The first-order valence-electron chi connectivity index (χ1n) is 6.25. The van der Waals surface area contributed by atoms with Crippen molar-refractivity contribution in [2.45, 2.75) is 12.2 Å². The molecule has 0 spiro atoms. The van der Waals surface area contributed by atoms with E-state index in [0.29, 0.717) is 10.8 Å². The van der Waals surface area contributed by atoms with Crippen molar-refractivity contribution in [2.24, 2.45) is 5.84 Å². The Bertz CT molecular complexity index is 448. The van der Waals surface area contributed by atoms with Crippen molar-refractivity contribution in [3.05, 3.63) is 29.3 Å². The Kier molecular flexibility index (Phi) is 5.42. The van der Waals surface area contributed by atoms with Gasteiger partial charge in [-0.15, -0.1) is 0 Å². The number of hydrazine groups is 1. The Morgan fingerprint density at radius 2 is 2.32 bits per heavy atom. The van der Waals surface area contributed by atoms with Crippen LogP contribution in [0.1, 0.15) is 15.9 Å². The molecule has 1 unspecified atom stereocenters. The molecule has 19 heavy (non-hydrogen) atoms. The number of nitrogen functional groups attached to an aromatic ring is 1. The normalized spacial score (nSPS) is 18.9. The van der Waals surface area contributed by atoms with Gasteiger partial charge in [0.15, 0.2) is 0 Å². The number of amides is 1. The fourth-order valence-corrected chi connectivity index (χ4v) is 4.58. The van der Waals surface area contributed by atoms with Gasteiger partial charge in [0.25, 0.3) is 5.91 Å². The molecule has 1 heterocycles. The molecule has 0 saturated carbocycles. The Hall–Kier alpha value is -0.850. The third-order valence-corrected chi connectivity index (χ3v) is 5.86. The number of aryl methyl sites for hydroxylation is 1. The van der Waals surface area contributed by atoms with Crippen molar-refractivity contribution >= 4 is 35.1 Å². The zero-order chi connectivity index (χ0) is 13.7. The van der Waals surface area contributed by atoms with Crippen LogP contribution in [0.5, 0.6) is 0 Å². The molecule has 0 aromatic heterocycles. The van der Waals surface area contributed by atoms with Gasteiger partial charge >= 0.3 is 0 Å². The molecule has 1 aliphatic heterocycles.